The van der Waals surface area contributed by atoms with Crippen molar-refractivity contribution in [3.8, 4) is 6.07 Å². The Morgan fingerprint density at radius 2 is 1.71 bits per heavy atom. The molecule has 2 aromatic rings. The highest BCUT2D eigenvalue weighted by molar-refractivity contribution is 5.92. The van der Waals surface area contributed by atoms with Crippen molar-refractivity contribution in [3.05, 3.63) is 30.1 Å². The number of fused-ring (bicyclic) bond motifs is 1. The van der Waals surface area contributed by atoms with E-state index < -0.39 is 12.1 Å². The van der Waals surface area contributed by atoms with Crippen molar-refractivity contribution in [1.29, 1.82) is 5.26 Å². The Bertz CT molecular complexity index is 886. The second-order valence-corrected chi connectivity index (χ2v) is 7.63. The van der Waals surface area contributed by atoms with E-state index in [1.54, 1.807) is 17.0 Å². The number of rotatable bonds is 2. The summed E-state index contributed by atoms with van der Waals surface area (Å²) in [5.41, 5.74) is 1.93. The number of piperidine rings is 2. The summed E-state index contributed by atoms with van der Waals surface area (Å²) in [5.74, 6) is -1.38. The highest BCUT2D eigenvalue weighted by atomic mass is 19.4. The van der Waals surface area contributed by atoms with Crippen LogP contribution >= 0.6 is 0 Å². The van der Waals surface area contributed by atoms with Crippen molar-refractivity contribution in [2.24, 2.45) is 5.92 Å². The second kappa shape index (κ2) is 7.55. The normalized spacial score (nSPS) is 24.3. The summed E-state index contributed by atoms with van der Waals surface area (Å²) in [6, 6.07) is 5.28. The number of halogens is 3. The third-order valence-electron chi connectivity index (χ3n) is 5.86. The highest BCUT2D eigenvalue weighted by Gasteiger charge is 2.46. The van der Waals surface area contributed by atoms with Crippen molar-refractivity contribution in [3.63, 3.8) is 0 Å². The fraction of sp³-hybridized carbons (Fsp3) is 0.550. The number of anilines is 1. The van der Waals surface area contributed by atoms with Gasteiger partial charge in [0.1, 0.15) is 17.1 Å². The minimum Gasteiger partial charge on any atom is -0.368 e. The first-order chi connectivity index (χ1) is 13.5. The average Bonchev–Trinajstić information content (AvgIpc) is 2.72. The Kier molecular flexibility index (Phi) is 5.11. The quantitative estimate of drug-likeness (QED) is 0.783. The maximum absolute atomic E-state index is 13.7. The Morgan fingerprint density at radius 1 is 1.00 bits per heavy atom. The van der Waals surface area contributed by atoms with Gasteiger partial charge in [-0.25, -0.2) is 0 Å². The van der Waals surface area contributed by atoms with Crippen LogP contribution in [-0.2, 0) is 0 Å². The van der Waals surface area contributed by atoms with E-state index >= 15 is 0 Å². The lowest BCUT2D eigenvalue weighted by Gasteiger charge is -2.45. The lowest BCUT2D eigenvalue weighted by molar-refractivity contribution is -0.180. The van der Waals surface area contributed by atoms with Crippen LogP contribution in [0.1, 0.15) is 31.2 Å². The molecule has 2 atom stereocenters. The zero-order valence-electron chi connectivity index (χ0n) is 15.5. The van der Waals surface area contributed by atoms with Gasteiger partial charge in [0, 0.05) is 31.5 Å². The maximum atomic E-state index is 13.7. The predicted octanol–water partition coefficient (Wildman–Crippen LogP) is 3.74. The number of benzene rings is 1. The third-order valence-corrected chi connectivity index (χ3v) is 5.86. The number of nitriles is 1. The molecule has 2 saturated heterocycles. The summed E-state index contributed by atoms with van der Waals surface area (Å²) >= 11 is 0. The minimum atomic E-state index is -4.24. The summed E-state index contributed by atoms with van der Waals surface area (Å²) in [7, 11) is 0. The molecule has 5 nitrogen and oxygen atoms in total. The number of likely N-dealkylation sites (tertiary alicyclic amines) is 1. The van der Waals surface area contributed by atoms with Gasteiger partial charge in [0.15, 0.2) is 0 Å². The monoisotopic (exact) mass is 389 g/mol. The van der Waals surface area contributed by atoms with E-state index in [4.69, 9.17) is 0 Å². The van der Waals surface area contributed by atoms with E-state index in [2.05, 4.69) is 20.9 Å². The summed E-state index contributed by atoms with van der Waals surface area (Å²) in [5, 5.41) is 9.31. The molecule has 0 bridgehead atoms. The van der Waals surface area contributed by atoms with Crippen LogP contribution in [0.5, 0.6) is 0 Å². The average molecular weight is 389 g/mol. The van der Waals surface area contributed by atoms with Crippen molar-refractivity contribution >= 4 is 16.7 Å². The molecular weight excluding hydrogens is 367 g/mol. The number of hydrogen-bond donors (Lipinski definition) is 0. The van der Waals surface area contributed by atoms with Crippen molar-refractivity contribution < 1.29 is 13.2 Å². The molecule has 0 aliphatic carbocycles. The zero-order chi connectivity index (χ0) is 19.7. The molecule has 0 saturated carbocycles. The Hall–Kier alpha value is -2.40. The maximum Gasteiger partial charge on any atom is 0.393 e. The fourth-order valence-electron chi connectivity index (χ4n) is 4.44. The molecule has 0 amide bonds. The van der Waals surface area contributed by atoms with Gasteiger partial charge in [-0.15, -0.1) is 0 Å². The van der Waals surface area contributed by atoms with Gasteiger partial charge >= 0.3 is 6.18 Å². The molecular formula is C20H22F3N5. The number of nitrogens with zero attached hydrogens (tertiary/aromatic N) is 5. The molecule has 4 rings (SSSR count). The molecule has 28 heavy (non-hydrogen) atoms. The van der Waals surface area contributed by atoms with Gasteiger partial charge in [-0.3, -0.25) is 14.9 Å². The van der Waals surface area contributed by atoms with Gasteiger partial charge in [-0.1, -0.05) is 6.42 Å². The van der Waals surface area contributed by atoms with E-state index in [0.29, 0.717) is 28.8 Å². The SMILES string of the molecule is N#Cc1ccc(N2CC(N3CCCCC3)CC(C(F)(F)F)C2)c2nccnc12. The molecule has 0 spiro atoms. The van der Waals surface area contributed by atoms with Crippen LogP contribution in [-0.4, -0.2) is 53.3 Å². The van der Waals surface area contributed by atoms with Gasteiger partial charge in [-0.2, -0.15) is 18.4 Å². The van der Waals surface area contributed by atoms with Gasteiger partial charge in [0.05, 0.1) is 17.2 Å². The van der Waals surface area contributed by atoms with Gasteiger partial charge in [0.25, 0.3) is 0 Å². The van der Waals surface area contributed by atoms with E-state index in [-0.39, 0.29) is 19.0 Å². The largest absolute Gasteiger partial charge is 0.393 e. The predicted molar refractivity (Wildman–Crippen MR) is 99.8 cm³/mol. The smallest absolute Gasteiger partial charge is 0.368 e. The summed E-state index contributed by atoms with van der Waals surface area (Å²) in [4.78, 5) is 12.6. The Balaban J connectivity index is 1.71. The first kappa shape index (κ1) is 18.9. The molecule has 1 aromatic heterocycles. The Labute approximate surface area is 161 Å². The molecule has 8 heteroatoms. The molecule has 148 valence electrons. The van der Waals surface area contributed by atoms with Crippen molar-refractivity contribution in [2.45, 2.75) is 37.9 Å². The zero-order valence-corrected chi connectivity index (χ0v) is 15.5. The van der Waals surface area contributed by atoms with Crippen LogP contribution in [0, 0.1) is 17.2 Å². The van der Waals surface area contributed by atoms with Crippen molar-refractivity contribution in [2.75, 3.05) is 31.1 Å². The molecule has 0 radical (unpaired) electrons. The van der Waals surface area contributed by atoms with E-state index in [9.17, 15) is 18.4 Å². The van der Waals surface area contributed by atoms with Crippen LogP contribution in [0.15, 0.2) is 24.5 Å². The highest BCUT2D eigenvalue weighted by Crippen LogP contribution is 2.38. The first-order valence-corrected chi connectivity index (χ1v) is 9.67. The van der Waals surface area contributed by atoms with E-state index in [1.807, 2.05) is 0 Å². The standard InChI is InChI=1S/C20H22F3N5/c21-20(22,23)15-10-16(27-8-2-1-3-9-27)13-28(12-15)17-5-4-14(11-24)18-19(17)26-7-6-25-18/h4-7,15-16H,1-3,8-10,12-13H2. The number of aromatic nitrogens is 2. The van der Waals surface area contributed by atoms with Crippen LogP contribution < -0.4 is 4.90 Å². The second-order valence-electron chi connectivity index (χ2n) is 7.63. The van der Waals surface area contributed by atoms with Gasteiger partial charge in [0.2, 0.25) is 0 Å². The lowest BCUT2D eigenvalue weighted by Crippen LogP contribution is -2.55. The number of hydrogen-bond acceptors (Lipinski definition) is 5. The van der Waals surface area contributed by atoms with Crippen LogP contribution in [0.4, 0.5) is 18.9 Å². The molecule has 0 N–H and O–H groups in total. The minimum absolute atomic E-state index is 0.0919. The molecule has 3 heterocycles. The number of alkyl halides is 3. The fourth-order valence-corrected chi connectivity index (χ4v) is 4.44. The van der Waals surface area contributed by atoms with E-state index in [0.717, 1.165) is 32.4 Å². The van der Waals surface area contributed by atoms with Crippen LogP contribution in [0.3, 0.4) is 0 Å². The summed E-state index contributed by atoms with van der Waals surface area (Å²) < 4.78 is 41.1. The molecule has 2 unspecified atom stereocenters. The van der Waals surface area contributed by atoms with Crippen LogP contribution in [0.2, 0.25) is 0 Å². The lowest BCUT2D eigenvalue weighted by atomic mass is 9.91. The Morgan fingerprint density at radius 3 is 2.39 bits per heavy atom. The van der Waals surface area contributed by atoms with Gasteiger partial charge in [-0.05, 0) is 44.5 Å². The third kappa shape index (κ3) is 3.63. The molecule has 2 aliphatic rings. The van der Waals surface area contributed by atoms with Crippen molar-refractivity contribution in [1.82, 2.24) is 14.9 Å². The first-order valence-electron chi connectivity index (χ1n) is 9.67. The van der Waals surface area contributed by atoms with Gasteiger partial charge < -0.3 is 4.90 Å². The topological polar surface area (TPSA) is 56.1 Å². The molecule has 2 fully saturated rings. The summed E-state index contributed by atoms with van der Waals surface area (Å²) in [6.45, 7) is 2.16. The van der Waals surface area contributed by atoms with E-state index in [1.165, 1.54) is 12.4 Å². The summed E-state index contributed by atoms with van der Waals surface area (Å²) in [6.07, 6.45) is 2.14. The van der Waals surface area contributed by atoms with Crippen LogP contribution in [0.25, 0.3) is 11.0 Å². The molecule has 1 aromatic carbocycles. The molecule has 2 aliphatic heterocycles.